The minimum absolute atomic E-state index is 0.244. The zero-order valence-electron chi connectivity index (χ0n) is 14.8. The molecule has 1 aliphatic rings. The van der Waals surface area contributed by atoms with E-state index in [1.165, 1.54) is 11.3 Å². The molecule has 1 amide bonds. The van der Waals surface area contributed by atoms with Crippen molar-refractivity contribution in [3.05, 3.63) is 70.1 Å². The molecule has 1 heterocycles. The lowest BCUT2D eigenvalue weighted by Gasteiger charge is -2.12. The first-order valence-corrected chi connectivity index (χ1v) is 9.92. The van der Waals surface area contributed by atoms with Crippen LogP contribution in [0.3, 0.4) is 0 Å². The van der Waals surface area contributed by atoms with Crippen molar-refractivity contribution in [3.8, 4) is 21.6 Å². The van der Waals surface area contributed by atoms with Crippen molar-refractivity contribution in [1.29, 1.82) is 0 Å². The molecule has 1 fully saturated rings. The van der Waals surface area contributed by atoms with Gasteiger partial charge in [0.05, 0.1) is 15.3 Å². The maximum atomic E-state index is 11.9. The van der Waals surface area contributed by atoms with Crippen LogP contribution < -0.4 is 5.73 Å². The summed E-state index contributed by atoms with van der Waals surface area (Å²) < 4.78 is 0.540. The Hall–Kier alpha value is -2.43. The minimum atomic E-state index is -0.479. The number of nitrogens with two attached hydrogens (primary N) is 1. The quantitative estimate of drug-likeness (QED) is 0.623. The molecule has 0 radical (unpaired) electrons. The van der Waals surface area contributed by atoms with E-state index in [9.17, 15) is 9.59 Å². The van der Waals surface area contributed by atoms with E-state index in [4.69, 9.17) is 17.3 Å². The van der Waals surface area contributed by atoms with Gasteiger partial charge < -0.3 is 5.73 Å². The van der Waals surface area contributed by atoms with Gasteiger partial charge in [-0.3, -0.25) is 9.59 Å². The summed E-state index contributed by atoms with van der Waals surface area (Å²) in [6, 6.07) is 17.8. The zero-order valence-corrected chi connectivity index (χ0v) is 16.4. The largest absolute Gasteiger partial charge is 0.366 e. The molecule has 0 unspecified atom stereocenters. The fraction of sp³-hybridized carbons (Fsp3) is 0.182. The molecule has 0 aliphatic heterocycles. The highest BCUT2D eigenvalue weighted by molar-refractivity contribution is 7.19. The lowest BCUT2D eigenvalue weighted by molar-refractivity contribution is -0.119. The van der Waals surface area contributed by atoms with Crippen LogP contribution in [-0.4, -0.2) is 11.7 Å². The number of carbonyl (C=O) groups is 2. The highest BCUT2D eigenvalue weighted by atomic mass is 35.5. The van der Waals surface area contributed by atoms with Gasteiger partial charge in [-0.1, -0.05) is 60.1 Å². The molecule has 136 valence electrons. The van der Waals surface area contributed by atoms with Crippen molar-refractivity contribution >= 4 is 34.6 Å². The van der Waals surface area contributed by atoms with E-state index < -0.39 is 5.91 Å². The van der Waals surface area contributed by atoms with Crippen molar-refractivity contribution in [2.24, 2.45) is 5.73 Å². The Bertz CT molecular complexity index is 1030. The van der Waals surface area contributed by atoms with E-state index in [0.717, 1.165) is 40.0 Å². The van der Waals surface area contributed by atoms with Gasteiger partial charge >= 0.3 is 0 Å². The third-order valence-corrected chi connectivity index (χ3v) is 6.62. The number of ketones is 1. The molecule has 5 heteroatoms. The van der Waals surface area contributed by atoms with Crippen LogP contribution >= 0.6 is 22.9 Å². The minimum Gasteiger partial charge on any atom is -0.366 e. The van der Waals surface area contributed by atoms with E-state index in [1.54, 1.807) is 13.0 Å². The molecule has 4 rings (SSSR count). The van der Waals surface area contributed by atoms with Gasteiger partial charge in [-0.2, -0.15) is 0 Å². The number of amides is 1. The number of carbonyl (C=O) groups excluding carboxylic acids is 2. The average molecular weight is 396 g/mol. The van der Waals surface area contributed by atoms with Crippen LogP contribution in [0.4, 0.5) is 0 Å². The topological polar surface area (TPSA) is 60.2 Å². The summed E-state index contributed by atoms with van der Waals surface area (Å²) in [4.78, 5) is 24.3. The molecule has 2 N–H and O–H groups in total. The van der Waals surface area contributed by atoms with Gasteiger partial charge in [0.1, 0.15) is 5.78 Å². The van der Waals surface area contributed by atoms with Crippen LogP contribution in [0, 0.1) is 0 Å². The Kier molecular flexibility index (Phi) is 4.41. The summed E-state index contributed by atoms with van der Waals surface area (Å²) in [7, 11) is 0. The van der Waals surface area contributed by atoms with Crippen LogP contribution in [0.2, 0.25) is 4.34 Å². The summed E-state index contributed by atoms with van der Waals surface area (Å²) in [5, 5.41) is 0. The standard InChI is InChI=1S/C22H18ClNO2S/c1-13(25)22(10-11-22)17-8-6-15(7-9-17)14-2-4-16(5-3-14)20-18(21(24)26)12-19(23)27-20/h2-9,12H,10-11H2,1H3,(H2,24,26). The van der Waals surface area contributed by atoms with Crippen LogP contribution in [0.15, 0.2) is 54.6 Å². The molecule has 1 aliphatic carbocycles. The van der Waals surface area contributed by atoms with Crippen molar-refractivity contribution in [1.82, 2.24) is 0 Å². The second kappa shape index (κ2) is 6.63. The van der Waals surface area contributed by atoms with Crippen molar-refractivity contribution in [3.63, 3.8) is 0 Å². The molecular weight excluding hydrogens is 378 g/mol. The van der Waals surface area contributed by atoms with E-state index in [0.29, 0.717) is 9.90 Å². The summed E-state index contributed by atoms with van der Waals surface area (Å²) in [6.45, 7) is 1.68. The number of rotatable bonds is 5. The fourth-order valence-corrected chi connectivity index (χ4v) is 4.76. The normalized spacial score (nSPS) is 14.7. The molecular formula is C22H18ClNO2S. The number of halogens is 1. The molecule has 3 aromatic rings. The van der Waals surface area contributed by atoms with E-state index in [-0.39, 0.29) is 11.2 Å². The molecule has 0 spiro atoms. The molecule has 1 aromatic heterocycles. The first-order chi connectivity index (χ1) is 12.9. The summed E-state index contributed by atoms with van der Waals surface area (Å²) in [6.07, 6.45) is 1.89. The summed E-state index contributed by atoms with van der Waals surface area (Å²) >= 11 is 7.40. The Morgan fingerprint density at radius 3 is 1.96 bits per heavy atom. The molecule has 0 bridgehead atoms. The van der Waals surface area contributed by atoms with E-state index in [2.05, 4.69) is 24.3 Å². The van der Waals surface area contributed by atoms with Crippen molar-refractivity contribution in [2.75, 3.05) is 0 Å². The Balaban J connectivity index is 1.62. The zero-order chi connectivity index (χ0) is 19.2. The van der Waals surface area contributed by atoms with Gasteiger partial charge in [-0.15, -0.1) is 11.3 Å². The molecule has 27 heavy (non-hydrogen) atoms. The Morgan fingerprint density at radius 2 is 1.48 bits per heavy atom. The maximum Gasteiger partial charge on any atom is 0.250 e. The molecule has 1 saturated carbocycles. The van der Waals surface area contributed by atoms with Crippen molar-refractivity contribution in [2.45, 2.75) is 25.2 Å². The van der Waals surface area contributed by atoms with Gasteiger partial charge in [-0.25, -0.2) is 0 Å². The molecule has 0 saturated heterocycles. The fourth-order valence-electron chi connectivity index (χ4n) is 3.52. The lowest BCUT2D eigenvalue weighted by Crippen LogP contribution is -2.16. The molecule has 2 aromatic carbocycles. The number of thiophene rings is 1. The van der Waals surface area contributed by atoms with Crippen molar-refractivity contribution < 1.29 is 9.59 Å². The monoisotopic (exact) mass is 395 g/mol. The van der Waals surface area contributed by atoms with Gasteiger partial charge in [-0.05, 0) is 48.1 Å². The second-order valence-corrected chi connectivity index (χ2v) is 8.63. The first kappa shape index (κ1) is 18.0. The van der Waals surface area contributed by atoms with Crippen LogP contribution in [-0.2, 0) is 10.2 Å². The van der Waals surface area contributed by atoms with E-state index >= 15 is 0 Å². The van der Waals surface area contributed by atoms with Gasteiger partial charge in [0, 0.05) is 4.88 Å². The Morgan fingerprint density at radius 1 is 0.963 bits per heavy atom. The lowest BCUT2D eigenvalue weighted by atomic mass is 9.90. The van der Waals surface area contributed by atoms with E-state index in [1.807, 2.05) is 24.3 Å². The first-order valence-electron chi connectivity index (χ1n) is 8.72. The number of hydrogen-bond donors (Lipinski definition) is 1. The maximum absolute atomic E-state index is 11.9. The second-order valence-electron chi connectivity index (χ2n) is 6.95. The van der Waals surface area contributed by atoms with Gasteiger partial charge in [0.25, 0.3) is 0 Å². The predicted octanol–water partition coefficient (Wildman–Crippen LogP) is 5.46. The smallest absolute Gasteiger partial charge is 0.250 e. The number of primary amides is 1. The highest BCUT2D eigenvalue weighted by Gasteiger charge is 2.48. The predicted molar refractivity (Wildman–Crippen MR) is 110 cm³/mol. The average Bonchev–Trinajstić information content (AvgIpc) is 3.39. The Labute approximate surface area is 166 Å². The van der Waals surface area contributed by atoms with Gasteiger partial charge in [0.2, 0.25) is 5.91 Å². The molecule has 0 atom stereocenters. The third-order valence-electron chi connectivity index (χ3n) is 5.31. The van der Waals surface area contributed by atoms with Crippen LogP contribution in [0.5, 0.6) is 0 Å². The summed E-state index contributed by atoms with van der Waals surface area (Å²) in [5.41, 5.74) is 9.82. The number of benzene rings is 2. The third kappa shape index (κ3) is 3.20. The SMILES string of the molecule is CC(=O)C1(c2ccc(-c3ccc(-c4sc(Cl)cc4C(N)=O)cc3)cc2)CC1. The summed E-state index contributed by atoms with van der Waals surface area (Å²) in [5.74, 6) is -0.230. The van der Waals surface area contributed by atoms with Crippen LogP contribution in [0.25, 0.3) is 21.6 Å². The highest BCUT2D eigenvalue weighted by Crippen LogP contribution is 2.49. The van der Waals surface area contributed by atoms with Crippen LogP contribution in [0.1, 0.15) is 35.7 Å². The number of Topliss-reactive ketones (excluding diaryl/α,β-unsaturated/α-hetero) is 1. The number of hydrogen-bond acceptors (Lipinski definition) is 3. The van der Waals surface area contributed by atoms with Gasteiger partial charge in [0.15, 0.2) is 0 Å². The molecule has 3 nitrogen and oxygen atoms in total.